The van der Waals surface area contributed by atoms with Crippen LogP contribution in [0.3, 0.4) is 0 Å². The summed E-state index contributed by atoms with van der Waals surface area (Å²) in [6.45, 7) is 4.33. The highest BCUT2D eigenvalue weighted by molar-refractivity contribution is 4.82. The molecule has 12 heavy (non-hydrogen) atoms. The molecule has 1 aromatic heterocycles. The maximum absolute atomic E-state index is 11.1. The lowest BCUT2D eigenvalue weighted by atomic mass is 10.3. The quantitative estimate of drug-likeness (QED) is 0.495. The Bertz CT molecular complexity index is 303. The lowest BCUT2D eigenvalue weighted by Crippen LogP contribution is -2.18. The van der Waals surface area contributed by atoms with Gasteiger partial charge in [-0.25, -0.2) is 4.98 Å². The van der Waals surface area contributed by atoms with Crippen LogP contribution in [0.1, 0.15) is 12.8 Å². The number of allylic oxidation sites excluding steroid dienone is 1. The van der Waals surface area contributed by atoms with E-state index in [1.165, 1.54) is 12.3 Å². The molecular weight excluding hydrogens is 152 g/mol. The molecular formula is C9H12N2O. The summed E-state index contributed by atoms with van der Waals surface area (Å²) in [5.41, 5.74) is 0.00839. The number of nitrogens with zero attached hydrogens (tertiary/aromatic N) is 2. The van der Waals surface area contributed by atoms with Crippen LogP contribution in [0, 0.1) is 0 Å². The normalized spacial score (nSPS) is 9.67. The molecule has 0 saturated carbocycles. The van der Waals surface area contributed by atoms with Gasteiger partial charge in [0.2, 0.25) is 0 Å². The van der Waals surface area contributed by atoms with Gasteiger partial charge in [-0.1, -0.05) is 6.08 Å². The average Bonchev–Trinajstić information content (AvgIpc) is 2.09. The Hall–Kier alpha value is -1.38. The second-order valence-corrected chi connectivity index (χ2v) is 2.54. The highest BCUT2D eigenvalue weighted by Gasteiger charge is 1.91. The Labute approximate surface area is 71.4 Å². The molecule has 0 spiro atoms. The third-order valence-electron chi connectivity index (χ3n) is 1.60. The van der Waals surface area contributed by atoms with Crippen molar-refractivity contribution < 1.29 is 0 Å². The molecule has 0 aliphatic heterocycles. The van der Waals surface area contributed by atoms with Crippen LogP contribution in [-0.4, -0.2) is 9.55 Å². The van der Waals surface area contributed by atoms with E-state index in [0.717, 1.165) is 19.4 Å². The smallest absolute Gasteiger partial charge is 0.253 e. The van der Waals surface area contributed by atoms with Gasteiger partial charge in [-0.05, 0) is 12.8 Å². The van der Waals surface area contributed by atoms with Crippen molar-refractivity contribution in [3.8, 4) is 0 Å². The summed E-state index contributed by atoms with van der Waals surface area (Å²) in [6, 6.07) is 1.47. The molecule has 1 rings (SSSR count). The molecule has 0 unspecified atom stereocenters. The highest BCUT2D eigenvalue weighted by atomic mass is 16.1. The molecule has 0 fully saturated rings. The topological polar surface area (TPSA) is 34.9 Å². The number of aryl methyl sites for hydroxylation is 1. The second-order valence-electron chi connectivity index (χ2n) is 2.54. The lowest BCUT2D eigenvalue weighted by Gasteiger charge is -2.00. The van der Waals surface area contributed by atoms with E-state index in [1.54, 1.807) is 10.9 Å². The van der Waals surface area contributed by atoms with E-state index in [0.29, 0.717) is 0 Å². The predicted molar refractivity (Wildman–Crippen MR) is 47.9 cm³/mol. The van der Waals surface area contributed by atoms with Crippen LogP contribution in [0.4, 0.5) is 0 Å². The zero-order chi connectivity index (χ0) is 8.81. The van der Waals surface area contributed by atoms with E-state index in [1.807, 2.05) is 6.08 Å². The zero-order valence-electron chi connectivity index (χ0n) is 6.94. The molecule has 0 radical (unpaired) electrons. The molecule has 0 aliphatic carbocycles. The predicted octanol–water partition coefficient (Wildman–Crippen LogP) is 1.21. The molecule has 1 heterocycles. The molecule has 64 valence electrons. The Balaban J connectivity index is 2.57. The van der Waals surface area contributed by atoms with Gasteiger partial charge in [-0.15, -0.1) is 6.58 Å². The summed E-state index contributed by atoms with van der Waals surface area (Å²) in [7, 11) is 0. The first kappa shape index (κ1) is 8.71. The van der Waals surface area contributed by atoms with Crippen molar-refractivity contribution in [2.45, 2.75) is 19.4 Å². The summed E-state index contributed by atoms with van der Waals surface area (Å²) >= 11 is 0. The maximum Gasteiger partial charge on any atom is 0.253 e. The number of unbranched alkanes of at least 4 members (excludes halogenated alkanes) is 1. The molecule has 0 N–H and O–H groups in total. The standard InChI is InChI=1S/C9H12N2O/c1-2-3-4-7-11-8-10-6-5-9(11)12/h2,5-6,8H,1,3-4,7H2. The van der Waals surface area contributed by atoms with Gasteiger partial charge in [0.25, 0.3) is 5.56 Å². The van der Waals surface area contributed by atoms with Crippen molar-refractivity contribution in [2.75, 3.05) is 0 Å². The van der Waals surface area contributed by atoms with Crippen LogP contribution < -0.4 is 5.56 Å². The first-order valence-electron chi connectivity index (χ1n) is 3.96. The van der Waals surface area contributed by atoms with Gasteiger partial charge in [0.05, 0.1) is 6.33 Å². The molecule has 3 nitrogen and oxygen atoms in total. The van der Waals surface area contributed by atoms with Crippen molar-refractivity contribution >= 4 is 0 Å². The number of hydrogen-bond acceptors (Lipinski definition) is 2. The van der Waals surface area contributed by atoms with Crippen LogP contribution in [0.25, 0.3) is 0 Å². The van der Waals surface area contributed by atoms with Gasteiger partial charge in [-0.3, -0.25) is 9.36 Å². The van der Waals surface area contributed by atoms with Crippen LogP contribution in [0.2, 0.25) is 0 Å². The Morgan fingerprint density at radius 2 is 2.50 bits per heavy atom. The third-order valence-corrected chi connectivity index (χ3v) is 1.60. The zero-order valence-corrected chi connectivity index (χ0v) is 6.94. The SMILES string of the molecule is C=CCCCn1cnccc1=O. The fourth-order valence-corrected chi connectivity index (χ4v) is 0.952. The van der Waals surface area contributed by atoms with E-state index < -0.39 is 0 Å². The van der Waals surface area contributed by atoms with Crippen LogP contribution in [0.5, 0.6) is 0 Å². The van der Waals surface area contributed by atoms with Gasteiger partial charge in [-0.2, -0.15) is 0 Å². The van der Waals surface area contributed by atoms with Crippen molar-refractivity contribution in [1.29, 1.82) is 0 Å². The highest BCUT2D eigenvalue weighted by Crippen LogP contribution is 1.91. The third kappa shape index (κ3) is 2.34. The lowest BCUT2D eigenvalue weighted by molar-refractivity contribution is 0.618. The van der Waals surface area contributed by atoms with Crippen molar-refractivity contribution in [3.05, 3.63) is 41.6 Å². The minimum Gasteiger partial charge on any atom is -0.299 e. The first-order chi connectivity index (χ1) is 5.84. The van der Waals surface area contributed by atoms with Gasteiger partial charge in [0.1, 0.15) is 0 Å². The van der Waals surface area contributed by atoms with E-state index in [9.17, 15) is 4.79 Å². The minimum absolute atomic E-state index is 0.00839. The maximum atomic E-state index is 11.1. The summed E-state index contributed by atoms with van der Waals surface area (Å²) in [5.74, 6) is 0. The Kier molecular flexibility index (Phi) is 3.26. The van der Waals surface area contributed by atoms with Gasteiger partial charge < -0.3 is 0 Å². The molecule has 0 aliphatic rings. The van der Waals surface area contributed by atoms with E-state index >= 15 is 0 Å². The molecule has 0 saturated heterocycles. The minimum atomic E-state index is 0.00839. The molecule has 0 aromatic carbocycles. The molecule has 0 atom stereocenters. The average molecular weight is 164 g/mol. The number of rotatable bonds is 4. The summed E-state index contributed by atoms with van der Waals surface area (Å²) in [4.78, 5) is 15.0. The monoisotopic (exact) mass is 164 g/mol. The van der Waals surface area contributed by atoms with Crippen molar-refractivity contribution in [2.24, 2.45) is 0 Å². The van der Waals surface area contributed by atoms with E-state index in [2.05, 4.69) is 11.6 Å². The largest absolute Gasteiger partial charge is 0.299 e. The molecule has 3 heteroatoms. The summed E-state index contributed by atoms with van der Waals surface area (Å²) in [6.07, 6.45) is 6.79. The molecule has 0 bridgehead atoms. The van der Waals surface area contributed by atoms with Gasteiger partial charge in [0.15, 0.2) is 0 Å². The van der Waals surface area contributed by atoms with Crippen LogP contribution >= 0.6 is 0 Å². The number of aromatic nitrogens is 2. The van der Waals surface area contributed by atoms with Crippen LogP contribution in [0.15, 0.2) is 36.0 Å². The first-order valence-corrected chi connectivity index (χ1v) is 3.96. The van der Waals surface area contributed by atoms with Gasteiger partial charge >= 0.3 is 0 Å². The van der Waals surface area contributed by atoms with Crippen molar-refractivity contribution in [1.82, 2.24) is 9.55 Å². The summed E-state index contributed by atoms with van der Waals surface area (Å²) < 4.78 is 1.60. The fourth-order valence-electron chi connectivity index (χ4n) is 0.952. The number of hydrogen-bond donors (Lipinski definition) is 0. The van der Waals surface area contributed by atoms with Crippen molar-refractivity contribution in [3.63, 3.8) is 0 Å². The Morgan fingerprint density at radius 3 is 3.17 bits per heavy atom. The Morgan fingerprint density at radius 1 is 1.67 bits per heavy atom. The van der Waals surface area contributed by atoms with E-state index in [4.69, 9.17) is 0 Å². The molecule has 1 aromatic rings. The van der Waals surface area contributed by atoms with Gasteiger partial charge in [0, 0.05) is 18.8 Å². The molecule has 0 amide bonds. The second kappa shape index (κ2) is 4.49. The summed E-state index contributed by atoms with van der Waals surface area (Å²) in [5, 5.41) is 0. The van der Waals surface area contributed by atoms with E-state index in [-0.39, 0.29) is 5.56 Å². The van der Waals surface area contributed by atoms with Crippen LogP contribution in [-0.2, 0) is 6.54 Å². The fraction of sp³-hybridized carbons (Fsp3) is 0.333.